The van der Waals surface area contributed by atoms with Crippen molar-refractivity contribution in [2.24, 2.45) is 0 Å². The zero-order valence-electron chi connectivity index (χ0n) is 9.58. The van der Waals surface area contributed by atoms with Crippen LogP contribution in [0, 0.1) is 0 Å². The summed E-state index contributed by atoms with van der Waals surface area (Å²) in [6.07, 6.45) is 5.94. The van der Waals surface area contributed by atoms with E-state index < -0.39 is 0 Å². The van der Waals surface area contributed by atoms with Crippen LogP contribution in [0.2, 0.25) is 0 Å². The van der Waals surface area contributed by atoms with E-state index in [9.17, 15) is 0 Å². The van der Waals surface area contributed by atoms with Crippen LogP contribution in [0.1, 0.15) is 30.4 Å². The molecule has 3 heterocycles. The lowest BCUT2D eigenvalue weighted by molar-refractivity contribution is 0.561. The molecule has 88 valence electrons. The second kappa shape index (κ2) is 4.63. The molecule has 5 nitrogen and oxygen atoms in total. The number of nitrogens with zero attached hydrogens (tertiary/aromatic N) is 4. The summed E-state index contributed by atoms with van der Waals surface area (Å²) in [7, 11) is 0. The van der Waals surface area contributed by atoms with Gasteiger partial charge in [0.1, 0.15) is 12.2 Å². The van der Waals surface area contributed by atoms with Gasteiger partial charge in [-0.2, -0.15) is 0 Å². The molecule has 0 bridgehead atoms. The minimum atomic E-state index is 0.348. The summed E-state index contributed by atoms with van der Waals surface area (Å²) in [6.45, 7) is 1.81. The normalized spacial score (nSPS) is 19.6. The van der Waals surface area contributed by atoms with E-state index in [4.69, 9.17) is 0 Å². The molecule has 2 aromatic rings. The monoisotopic (exact) mass is 229 g/mol. The first kappa shape index (κ1) is 10.4. The van der Waals surface area contributed by atoms with Gasteiger partial charge in [0.05, 0.1) is 18.3 Å². The van der Waals surface area contributed by atoms with Crippen LogP contribution in [-0.2, 0) is 6.54 Å². The van der Waals surface area contributed by atoms with Gasteiger partial charge in [-0.25, -0.2) is 0 Å². The Kier molecular flexibility index (Phi) is 2.83. The van der Waals surface area contributed by atoms with Crippen LogP contribution in [0.3, 0.4) is 0 Å². The van der Waals surface area contributed by atoms with E-state index in [0.717, 1.165) is 31.0 Å². The first-order chi connectivity index (χ1) is 8.43. The van der Waals surface area contributed by atoms with E-state index in [0.29, 0.717) is 6.04 Å². The van der Waals surface area contributed by atoms with Gasteiger partial charge in [0.15, 0.2) is 0 Å². The van der Waals surface area contributed by atoms with E-state index >= 15 is 0 Å². The highest BCUT2D eigenvalue weighted by molar-refractivity contribution is 5.06. The largest absolute Gasteiger partial charge is 0.310 e. The molecule has 0 aliphatic carbocycles. The molecule has 0 saturated carbocycles. The standard InChI is InChI=1S/C12H15N5/c1-2-6-13-10(4-1)8-17-9-15-16-12(17)11-5-3-7-14-11/h1-2,4,6,9,11,14H,3,5,7-8H2. The molecule has 0 spiro atoms. The molecule has 17 heavy (non-hydrogen) atoms. The molecule has 0 amide bonds. The van der Waals surface area contributed by atoms with Crippen LogP contribution in [0.25, 0.3) is 0 Å². The highest BCUT2D eigenvalue weighted by atomic mass is 15.3. The molecule has 0 aromatic carbocycles. The van der Waals surface area contributed by atoms with Crippen molar-refractivity contribution < 1.29 is 0 Å². The molecular formula is C12H15N5. The summed E-state index contributed by atoms with van der Waals surface area (Å²) in [6, 6.07) is 6.29. The maximum Gasteiger partial charge on any atom is 0.150 e. The number of hydrogen-bond acceptors (Lipinski definition) is 4. The molecule has 1 N–H and O–H groups in total. The Morgan fingerprint density at radius 1 is 1.41 bits per heavy atom. The van der Waals surface area contributed by atoms with Crippen molar-refractivity contribution in [3.63, 3.8) is 0 Å². The van der Waals surface area contributed by atoms with Crippen LogP contribution in [0.5, 0.6) is 0 Å². The van der Waals surface area contributed by atoms with Crippen molar-refractivity contribution >= 4 is 0 Å². The molecule has 1 saturated heterocycles. The number of hydrogen-bond donors (Lipinski definition) is 1. The average molecular weight is 229 g/mol. The Labute approximate surface area is 99.9 Å². The van der Waals surface area contributed by atoms with Gasteiger partial charge in [-0.1, -0.05) is 6.07 Å². The van der Waals surface area contributed by atoms with E-state index in [-0.39, 0.29) is 0 Å². The molecule has 3 rings (SSSR count). The molecular weight excluding hydrogens is 214 g/mol. The second-order valence-corrected chi connectivity index (χ2v) is 4.29. The quantitative estimate of drug-likeness (QED) is 0.857. The van der Waals surface area contributed by atoms with Crippen LogP contribution < -0.4 is 5.32 Å². The molecule has 1 aliphatic heterocycles. The Bertz CT molecular complexity index is 473. The van der Waals surface area contributed by atoms with Crippen LogP contribution in [0.15, 0.2) is 30.7 Å². The second-order valence-electron chi connectivity index (χ2n) is 4.29. The fraction of sp³-hybridized carbons (Fsp3) is 0.417. The molecule has 2 aromatic heterocycles. The SMILES string of the molecule is c1ccc(Cn2cnnc2C2CCCN2)nc1. The van der Waals surface area contributed by atoms with E-state index in [1.807, 2.05) is 24.4 Å². The van der Waals surface area contributed by atoms with Crippen LogP contribution in [0.4, 0.5) is 0 Å². The van der Waals surface area contributed by atoms with Gasteiger partial charge < -0.3 is 9.88 Å². The Morgan fingerprint density at radius 3 is 3.18 bits per heavy atom. The summed E-state index contributed by atoms with van der Waals surface area (Å²) in [4.78, 5) is 4.32. The van der Waals surface area contributed by atoms with Gasteiger partial charge in [-0.05, 0) is 31.5 Å². The topological polar surface area (TPSA) is 55.6 Å². The van der Waals surface area contributed by atoms with E-state index in [1.165, 1.54) is 6.42 Å². The van der Waals surface area contributed by atoms with Gasteiger partial charge >= 0.3 is 0 Å². The van der Waals surface area contributed by atoms with Crippen molar-refractivity contribution in [3.8, 4) is 0 Å². The average Bonchev–Trinajstić information content (AvgIpc) is 3.00. The third kappa shape index (κ3) is 2.19. The lowest BCUT2D eigenvalue weighted by atomic mass is 10.2. The lowest BCUT2D eigenvalue weighted by Gasteiger charge is -2.11. The first-order valence-electron chi connectivity index (χ1n) is 5.94. The number of nitrogens with one attached hydrogen (secondary N) is 1. The fourth-order valence-electron chi connectivity index (χ4n) is 2.23. The summed E-state index contributed by atoms with van der Waals surface area (Å²) >= 11 is 0. The Hall–Kier alpha value is -1.75. The van der Waals surface area contributed by atoms with E-state index in [1.54, 1.807) is 6.33 Å². The van der Waals surface area contributed by atoms with E-state index in [2.05, 4.69) is 25.1 Å². The van der Waals surface area contributed by atoms with Crippen molar-refractivity contribution in [1.82, 2.24) is 25.1 Å². The Balaban J connectivity index is 1.81. The van der Waals surface area contributed by atoms with Crippen molar-refractivity contribution in [2.75, 3.05) is 6.54 Å². The third-order valence-electron chi connectivity index (χ3n) is 3.08. The van der Waals surface area contributed by atoms with Crippen molar-refractivity contribution in [1.29, 1.82) is 0 Å². The summed E-state index contributed by atoms with van der Waals surface area (Å²) < 4.78 is 2.07. The molecule has 5 heteroatoms. The number of aromatic nitrogens is 4. The van der Waals surface area contributed by atoms with Crippen LogP contribution in [-0.4, -0.2) is 26.3 Å². The number of rotatable bonds is 3. The van der Waals surface area contributed by atoms with Gasteiger partial charge in [-0.15, -0.1) is 10.2 Å². The van der Waals surface area contributed by atoms with Crippen molar-refractivity contribution in [2.45, 2.75) is 25.4 Å². The molecule has 0 radical (unpaired) electrons. The predicted molar refractivity (Wildman–Crippen MR) is 63.3 cm³/mol. The van der Waals surface area contributed by atoms with Crippen LogP contribution >= 0.6 is 0 Å². The lowest BCUT2D eigenvalue weighted by Crippen LogP contribution is -2.18. The zero-order valence-corrected chi connectivity index (χ0v) is 9.58. The molecule has 1 unspecified atom stereocenters. The zero-order chi connectivity index (χ0) is 11.5. The Morgan fingerprint density at radius 2 is 2.41 bits per heavy atom. The minimum Gasteiger partial charge on any atom is -0.310 e. The number of pyridine rings is 1. The third-order valence-corrected chi connectivity index (χ3v) is 3.08. The highest BCUT2D eigenvalue weighted by Crippen LogP contribution is 2.21. The fourth-order valence-corrected chi connectivity index (χ4v) is 2.23. The van der Waals surface area contributed by atoms with Crippen molar-refractivity contribution in [3.05, 3.63) is 42.2 Å². The summed E-state index contributed by atoms with van der Waals surface area (Å²) in [5, 5.41) is 11.7. The van der Waals surface area contributed by atoms with Gasteiger partial charge in [-0.3, -0.25) is 4.98 Å². The van der Waals surface area contributed by atoms with Gasteiger partial charge in [0.25, 0.3) is 0 Å². The predicted octanol–water partition coefficient (Wildman–Crippen LogP) is 1.15. The molecule has 1 atom stereocenters. The summed E-state index contributed by atoms with van der Waals surface area (Å²) in [5.41, 5.74) is 1.03. The molecule has 1 aliphatic rings. The first-order valence-corrected chi connectivity index (χ1v) is 5.94. The van der Waals surface area contributed by atoms with Gasteiger partial charge in [0.2, 0.25) is 0 Å². The maximum atomic E-state index is 4.32. The molecule has 1 fully saturated rings. The summed E-state index contributed by atoms with van der Waals surface area (Å²) in [5.74, 6) is 1.02. The highest BCUT2D eigenvalue weighted by Gasteiger charge is 2.21. The van der Waals surface area contributed by atoms with Gasteiger partial charge in [0, 0.05) is 6.20 Å². The maximum absolute atomic E-state index is 4.32. The smallest absolute Gasteiger partial charge is 0.150 e. The minimum absolute atomic E-state index is 0.348.